The van der Waals surface area contributed by atoms with Crippen molar-refractivity contribution in [1.29, 1.82) is 0 Å². The van der Waals surface area contributed by atoms with Crippen molar-refractivity contribution in [2.45, 2.75) is 25.3 Å². The number of rotatable bonds is 4. The van der Waals surface area contributed by atoms with E-state index >= 15 is 0 Å². The molecule has 1 aliphatic heterocycles. The van der Waals surface area contributed by atoms with Crippen LogP contribution in [0.4, 0.5) is 0 Å². The second kappa shape index (κ2) is 7.01. The highest BCUT2D eigenvalue weighted by molar-refractivity contribution is 9.11. The molecule has 1 aliphatic rings. The fourth-order valence-electron chi connectivity index (χ4n) is 2.38. The van der Waals surface area contributed by atoms with Gasteiger partial charge in [0.1, 0.15) is 0 Å². The van der Waals surface area contributed by atoms with Gasteiger partial charge in [-0.25, -0.2) is 0 Å². The molecule has 1 aromatic rings. The maximum atomic E-state index is 5.72. The summed E-state index contributed by atoms with van der Waals surface area (Å²) in [6.07, 6.45) is 3.32. The van der Waals surface area contributed by atoms with Crippen LogP contribution >= 0.6 is 31.9 Å². The quantitative estimate of drug-likeness (QED) is 0.623. The summed E-state index contributed by atoms with van der Waals surface area (Å²) in [6.45, 7) is 1.76. The van der Waals surface area contributed by atoms with Crippen LogP contribution in [-0.2, 0) is 4.74 Å². The van der Waals surface area contributed by atoms with Gasteiger partial charge in [-0.1, -0.05) is 37.9 Å². The van der Waals surface area contributed by atoms with E-state index in [1.807, 2.05) is 0 Å². The summed E-state index contributed by atoms with van der Waals surface area (Å²) in [6, 6.07) is 6.41. The van der Waals surface area contributed by atoms with Crippen molar-refractivity contribution in [2.24, 2.45) is 11.8 Å². The van der Waals surface area contributed by atoms with E-state index in [0.29, 0.717) is 5.92 Å². The molecule has 0 amide bonds. The monoisotopic (exact) mass is 376 g/mol. The SMILES string of the molecule is NNC(CC1CCOCC1)c1ccc(Br)cc1Br. The van der Waals surface area contributed by atoms with Crippen LogP contribution in [0.5, 0.6) is 0 Å². The van der Waals surface area contributed by atoms with E-state index in [2.05, 4.69) is 55.5 Å². The standard InChI is InChI=1S/C13H18Br2N2O/c14-10-1-2-11(12(15)8-10)13(17-16)7-9-3-5-18-6-4-9/h1-2,8-9,13,17H,3-7,16H2. The van der Waals surface area contributed by atoms with E-state index in [4.69, 9.17) is 10.6 Å². The van der Waals surface area contributed by atoms with Crippen molar-refractivity contribution in [3.8, 4) is 0 Å². The van der Waals surface area contributed by atoms with Crippen molar-refractivity contribution in [3.63, 3.8) is 0 Å². The molecule has 18 heavy (non-hydrogen) atoms. The molecular formula is C13H18Br2N2O. The molecule has 100 valence electrons. The minimum atomic E-state index is 0.190. The first-order chi connectivity index (χ1) is 8.70. The second-order valence-corrected chi connectivity index (χ2v) is 6.45. The maximum absolute atomic E-state index is 5.72. The van der Waals surface area contributed by atoms with Gasteiger partial charge in [0.05, 0.1) is 0 Å². The number of benzene rings is 1. The normalized spacial score (nSPS) is 18.8. The average Bonchev–Trinajstić information content (AvgIpc) is 2.38. The van der Waals surface area contributed by atoms with Gasteiger partial charge in [-0.05, 0) is 42.9 Å². The highest BCUT2D eigenvalue weighted by Crippen LogP contribution is 2.32. The lowest BCUT2D eigenvalue weighted by Gasteiger charge is -2.27. The second-order valence-electron chi connectivity index (χ2n) is 4.68. The summed E-state index contributed by atoms with van der Waals surface area (Å²) in [5, 5.41) is 0. The van der Waals surface area contributed by atoms with Crippen LogP contribution in [0.3, 0.4) is 0 Å². The van der Waals surface area contributed by atoms with Gasteiger partial charge in [-0.15, -0.1) is 0 Å². The Kier molecular flexibility index (Phi) is 5.63. The Morgan fingerprint density at radius 1 is 1.33 bits per heavy atom. The van der Waals surface area contributed by atoms with Gasteiger partial charge in [0.2, 0.25) is 0 Å². The van der Waals surface area contributed by atoms with Crippen LogP contribution in [0, 0.1) is 5.92 Å². The minimum Gasteiger partial charge on any atom is -0.381 e. The molecule has 0 radical (unpaired) electrons. The van der Waals surface area contributed by atoms with Crippen LogP contribution < -0.4 is 11.3 Å². The Morgan fingerprint density at radius 3 is 2.67 bits per heavy atom. The minimum absolute atomic E-state index is 0.190. The number of nitrogens with one attached hydrogen (secondary N) is 1. The molecular weight excluding hydrogens is 360 g/mol. The Morgan fingerprint density at radius 2 is 2.06 bits per heavy atom. The zero-order valence-corrected chi connectivity index (χ0v) is 13.3. The molecule has 1 saturated heterocycles. The van der Waals surface area contributed by atoms with Crippen molar-refractivity contribution >= 4 is 31.9 Å². The van der Waals surface area contributed by atoms with E-state index in [1.165, 1.54) is 5.56 Å². The zero-order chi connectivity index (χ0) is 13.0. The van der Waals surface area contributed by atoms with Gasteiger partial charge in [0, 0.05) is 28.2 Å². The van der Waals surface area contributed by atoms with E-state index in [0.717, 1.165) is 41.4 Å². The summed E-state index contributed by atoms with van der Waals surface area (Å²) >= 11 is 7.07. The third-order valence-corrected chi connectivity index (χ3v) is 4.63. The van der Waals surface area contributed by atoms with Gasteiger partial charge in [-0.2, -0.15) is 0 Å². The van der Waals surface area contributed by atoms with Crippen LogP contribution in [0.15, 0.2) is 27.1 Å². The molecule has 3 nitrogen and oxygen atoms in total. The molecule has 0 aromatic heterocycles. The van der Waals surface area contributed by atoms with Gasteiger partial charge >= 0.3 is 0 Å². The van der Waals surface area contributed by atoms with E-state index in [9.17, 15) is 0 Å². The highest BCUT2D eigenvalue weighted by Gasteiger charge is 2.21. The fraction of sp³-hybridized carbons (Fsp3) is 0.538. The first kappa shape index (κ1) is 14.5. The summed E-state index contributed by atoms with van der Waals surface area (Å²) < 4.78 is 7.55. The van der Waals surface area contributed by atoms with Gasteiger partial charge < -0.3 is 4.74 Å². The number of ether oxygens (including phenoxy) is 1. The zero-order valence-electron chi connectivity index (χ0n) is 10.2. The lowest BCUT2D eigenvalue weighted by atomic mass is 9.90. The van der Waals surface area contributed by atoms with E-state index < -0.39 is 0 Å². The summed E-state index contributed by atoms with van der Waals surface area (Å²) in [5.41, 5.74) is 4.15. The third-order valence-electron chi connectivity index (χ3n) is 3.45. The van der Waals surface area contributed by atoms with Crippen LogP contribution in [0.2, 0.25) is 0 Å². The lowest BCUT2D eigenvalue weighted by molar-refractivity contribution is 0.0605. The van der Waals surface area contributed by atoms with Crippen molar-refractivity contribution in [3.05, 3.63) is 32.7 Å². The first-order valence-corrected chi connectivity index (χ1v) is 7.78. The smallest absolute Gasteiger partial charge is 0.0473 e. The van der Waals surface area contributed by atoms with Crippen molar-refractivity contribution in [1.82, 2.24) is 5.43 Å². The summed E-state index contributed by atoms with van der Waals surface area (Å²) in [5.74, 6) is 6.41. The molecule has 1 fully saturated rings. The first-order valence-electron chi connectivity index (χ1n) is 6.19. The molecule has 2 rings (SSSR count). The largest absolute Gasteiger partial charge is 0.381 e. The number of hydrogen-bond donors (Lipinski definition) is 2. The lowest BCUT2D eigenvalue weighted by Crippen LogP contribution is -2.31. The molecule has 1 atom stereocenters. The Labute approximate surface area is 125 Å². The molecule has 1 aromatic carbocycles. The predicted molar refractivity (Wildman–Crippen MR) is 80.1 cm³/mol. The summed E-state index contributed by atoms with van der Waals surface area (Å²) in [4.78, 5) is 0. The van der Waals surface area contributed by atoms with Crippen LogP contribution in [-0.4, -0.2) is 13.2 Å². The third kappa shape index (κ3) is 3.78. The van der Waals surface area contributed by atoms with Crippen LogP contribution in [0.25, 0.3) is 0 Å². The molecule has 5 heteroatoms. The maximum Gasteiger partial charge on any atom is 0.0473 e. The van der Waals surface area contributed by atoms with E-state index in [-0.39, 0.29) is 6.04 Å². The molecule has 3 N–H and O–H groups in total. The molecule has 1 unspecified atom stereocenters. The number of hydrogen-bond acceptors (Lipinski definition) is 3. The van der Waals surface area contributed by atoms with Gasteiger partial charge in [0.25, 0.3) is 0 Å². The number of nitrogens with two attached hydrogens (primary N) is 1. The van der Waals surface area contributed by atoms with Crippen LogP contribution in [0.1, 0.15) is 30.9 Å². The topological polar surface area (TPSA) is 47.3 Å². The fourth-order valence-corrected chi connectivity index (χ4v) is 3.71. The molecule has 1 heterocycles. The Balaban J connectivity index is 2.07. The highest BCUT2D eigenvalue weighted by atomic mass is 79.9. The number of hydrazine groups is 1. The molecule has 0 aliphatic carbocycles. The average molecular weight is 378 g/mol. The van der Waals surface area contributed by atoms with Gasteiger partial charge in [0.15, 0.2) is 0 Å². The predicted octanol–water partition coefficient (Wildman–Crippen LogP) is 3.53. The Hall–Kier alpha value is 0.0600. The summed E-state index contributed by atoms with van der Waals surface area (Å²) in [7, 11) is 0. The van der Waals surface area contributed by atoms with Gasteiger partial charge in [-0.3, -0.25) is 11.3 Å². The number of halogens is 2. The van der Waals surface area contributed by atoms with Crippen molar-refractivity contribution < 1.29 is 4.74 Å². The van der Waals surface area contributed by atoms with Crippen molar-refractivity contribution in [2.75, 3.05) is 13.2 Å². The molecule has 0 spiro atoms. The van der Waals surface area contributed by atoms with E-state index in [1.54, 1.807) is 0 Å². The molecule has 0 bridgehead atoms. The molecule has 0 saturated carbocycles. The Bertz CT molecular complexity index is 395.